The van der Waals surface area contributed by atoms with E-state index >= 15 is 0 Å². The molecule has 0 saturated heterocycles. The molecule has 30 nitrogen and oxygen atoms in total. The quantitative estimate of drug-likeness (QED) is 0.0474. The van der Waals surface area contributed by atoms with Crippen LogP contribution in [0, 0.1) is 23.7 Å². The van der Waals surface area contributed by atoms with E-state index in [1.54, 1.807) is 12.2 Å². The first-order valence-electron chi connectivity index (χ1n) is 30.1. The van der Waals surface area contributed by atoms with Gasteiger partial charge in [0.25, 0.3) is 0 Å². The number of carbonyl (C=O) groups is 4. The van der Waals surface area contributed by atoms with Crippen LogP contribution in [0.3, 0.4) is 0 Å². The third-order valence-corrected chi connectivity index (χ3v) is 11.5. The molecular weight excluding hydrogens is 1180 g/mol. The number of hydrogen-bond acceptors (Lipinski definition) is 28. The van der Waals surface area contributed by atoms with Crippen molar-refractivity contribution in [2.75, 3.05) is 304 Å². The summed E-state index contributed by atoms with van der Waals surface area (Å²) in [5, 5.41) is 19.4. The number of carboxylic acid groups (broad SMARTS) is 2. The smallest absolute Gasteiger partial charge is 0.310 e. The van der Waals surface area contributed by atoms with Gasteiger partial charge >= 0.3 is 23.9 Å². The Bertz CT molecular complexity index is 1470. The zero-order valence-electron chi connectivity index (χ0n) is 51.7. The Morgan fingerprint density at radius 1 is 0.216 bits per heavy atom. The standard InChI is InChI=1S/C58H104O30/c1-3-5-65-7-9-67-11-13-69-15-17-71-19-21-73-23-25-75-27-29-77-31-33-79-35-37-81-39-41-83-43-45-85-47-49-87-57(63)53-51(55(59)60)52(56(61)62)54(53)58(64)88-50-48-86-46-44-84-42-40-82-38-36-80-34-32-78-30-28-76-26-24-74-22-20-72-18-16-70-14-12-68-10-8-66-6-4-2/h3-4,51-54H,1-2,5-50H2,(H,59,60)(H,61,62). The first-order valence-corrected chi connectivity index (χ1v) is 30.1. The number of aliphatic carboxylic acids is 2. The van der Waals surface area contributed by atoms with Crippen LogP contribution in [0.5, 0.6) is 0 Å². The fourth-order valence-corrected chi connectivity index (χ4v) is 7.28. The van der Waals surface area contributed by atoms with Crippen molar-refractivity contribution in [2.45, 2.75) is 0 Å². The van der Waals surface area contributed by atoms with E-state index in [1.807, 2.05) is 0 Å². The fraction of sp³-hybridized carbons (Fsp3) is 0.862. The number of carbonyl (C=O) groups excluding carboxylic acids is 2. The van der Waals surface area contributed by atoms with Crippen LogP contribution in [-0.2, 0) is 133 Å². The van der Waals surface area contributed by atoms with Crippen molar-refractivity contribution >= 4 is 23.9 Å². The van der Waals surface area contributed by atoms with E-state index in [4.69, 9.17) is 114 Å². The Kier molecular flexibility index (Phi) is 62.2. The second kappa shape index (κ2) is 66.4. The van der Waals surface area contributed by atoms with Crippen molar-refractivity contribution in [2.24, 2.45) is 23.7 Å². The van der Waals surface area contributed by atoms with E-state index in [0.717, 1.165) is 0 Å². The molecule has 1 rings (SSSR count). The third kappa shape index (κ3) is 52.1. The van der Waals surface area contributed by atoms with Gasteiger partial charge in [-0.25, -0.2) is 0 Å². The van der Waals surface area contributed by atoms with Crippen LogP contribution in [-0.4, -0.2) is 338 Å². The average molecular weight is 1280 g/mol. The molecule has 0 aromatic carbocycles. The van der Waals surface area contributed by atoms with Crippen molar-refractivity contribution < 1.29 is 143 Å². The maximum absolute atomic E-state index is 12.9. The Morgan fingerprint density at radius 3 is 0.466 bits per heavy atom. The van der Waals surface area contributed by atoms with E-state index in [-0.39, 0.29) is 52.9 Å². The SMILES string of the molecule is C=CCOCCOCCOCCOCCOCCOCCOCCOCCOCCOCCOCCOC(=O)C1C(C(=O)O)C(C(=O)O)C1C(=O)OCCOCCOCCOCCOCCOCCOCCOCCOCCOCCOCCOCC=C. The minimum absolute atomic E-state index is 0.0572. The van der Waals surface area contributed by atoms with Crippen molar-refractivity contribution in [3.63, 3.8) is 0 Å². The summed E-state index contributed by atoms with van der Waals surface area (Å²) in [5.41, 5.74) is 0. The van der Waals surface area contributed by atoms with Gasteiger partial charge < -0.3 is 124 Å². The summed E-state index contributed by atoms with van der Waals surface area (Å²) >= 11 is 0. The number of carboxylic acids is 2. The minimum atomic E-state index is -1.69. The molecule has 0 radical (unpaired) electrons. The number of rotatable bonds is 74. The van der Waals surface area contributed by atoms with Gasteiger partial charge in [0, 0.05) is 0 Å². The minimum Gasteiger partial charge on any atom is -0.481 e. The van der Waals surface area contributed by atoms with E-state index in [0.29, 0.717) is 251 Å². The summed E-state index contributed by atoms with van der Waals surface area (Å²) in [5.74, 6) is -11.7. The predicted octanol–water partition coefficient (Wildman–Crippen LogP) is 0.458. The molecular formula is C58H104O30. The van der Waals surface area contributed by atoms with Gasteiger partial charge in [-0.1, -0.05) is 12.2 Å². The Labute approximate surface area is 518 Å². The van der Waals surface area contributed by atoms with Crippen LogP contribution in [0.15, 0.2) is 25.3 Å². The van der Waals surface area contributed by atoms with Crippen molar-refractivity contribution in [1.29, 1.82) is 0 Å². The molecule has 30 heteroatoms. The lowest BCUT2D eigenvalue weighted by Gasteiger charge is -2.43. The van der Waals surface area contributed by atoms with Gasteiger partial charge in [0.2, 0.25) is 0 Å². The van der Waals surface area contributed by atoms with Crippen LogP contribution in [0.4, 0.5) is 0 Å². The average Bonchev–Trinajstić information content (AvgIpc) is 0.852. The van der Waals surface area contributed by atoms with Crippen LogP contribution >= 0.6 is 0 Å². The Hall–Kier alpha value is -3.52. The molecule has 2 N–H and O–H groups in total. The van der Waals surface area contributed by atoms with Crippen molar-refractivity contribution in [3.8, 4) is 0 Å². The highest BCUT2D eigenvalue weighted by Gasteiger charge is 2.65. The number of hydrogen-bond donors (Lipinski definition) is 2. The summed E-state index contributed by atoms with van der Waals surface area (Å²) in [6.45, 7) is 24.2. The Balaban J connectivity index is 1.91. The number of esters is 2. The lowest BCUT2D eigenvalue weighted by atomic mass is 9.56. The zero-order chi connectivity index (χ0) is 63.5. The van der Waals surface area contributed by atoms with E-state index in [9.17, 15) is 29.4 Å². The van der Waals surface area contributed by atoms with E-state index < -0.39 is 47.5 Å². The molecule has 0 aromatic heterocycles. The second-order valence-electron chi connectivity index (χ2n) is 18.1. The third-order valence-electron chi connectivity index (χ3n) is 11.5. The molecule has 0 amide bonds. The highest BCUT2D eigenvalue weighted by molar-refractivity contribution is 5.96. The zero-order valence-corrected chi connectivity index (χ0v) is 51.7. The molecule has 1 fully saturated rings. The topological polar surface area (TPSA) is 330 Å². The molecule has 88 heavy (non-hydrogen) atoms. The maximum atomic E-state index is 12.9. The largest absolute Gasteiger partial charge is 0.481 e. The van der Waals surface area contributed by atoms with Crippen molar-refractivity contribution in [1.82, 2.24) is 0 Å². The molecule has 1 aliphatic carbocycles. The number of ether oxygens (including phenoxy) is 24. The fourth-order valence-electron chi connectivity index (χ4n) is 7.28. The molecule has 516 valence electrons. The molecule has 0 heterocycles. The lowest BCUT2D eigenvalue weighted by Crippen LogP contribution is -2.60. The van der Waals surface area contributed by atoms with Gasteiger partial charge in [-0.3, -0.25) is 19.2 Å². The summed E-state index contributed by atoms with van der Waals surface area (Å²) in [4.78, 5) is 49.8. The molecule has 0 bridgehead atoms. The second-order valence-corrected chi connectivity index (χ2v) is 18.1. The van der Waals surface area contributed by atoms with Gasteiger partial charge in [-0.05, 0) is 0 Å². The Morgan fingerprint density at radius 2 is 0.341 bits per heavy atom. The molecule has 4 atom stereocenters. The molecule has 0 aromatic rings. The van der Waals surface area contributed by atoms with E-state index in [1.165, 1.54) is 0 Å². The molecule has 4 unspecified atom stereocenters. The van der Waals surface area contributed by atoms with Gasteiger partial charge in [0.05, 0.1) is 314 Å². The molecule has 0 aliphatic heterocycles. The molecule has 1 saturated carbocycles. The lowest BCUT2D eigenvalue weighted by molar-refractivity contribution is -0.197. The van der Waals surface area contributed by atoms with Crippen LogP contribution in [0.2, 0.25) is 0 Å². The molecule has 0 spiro atoms. The highest BCUT2D eigenvalue weighted by Crippen LogP contribution is 2.48. The van der Waals surface area contributed by atoms with E-state index in [2.05, 4.69) is 13.2 Å². The van der Waals surface area contributed by atoms with Gasteiger partial charge in [0.15, 0.2) is 0 Å². The van der Waals surface area contributed by atoms with Gasteiger partial charge in [0.1, 0.15) is 13.2 Å². The first-order chi connectivity index (χ1) is 43.4. The predicted molar refractivity (Wildman–Crippen MR) is 310 cm³/mol. The van der Waals surface area contributed by atoms with Crippen LogP contribution in [0.25, 0.3) is 0 Å². The van der Waals surface area contributed by atoms with Crippen molar-refractivity contribution in [3.05, 3.63) is 25.3 Å². The molecule has 1 aliphatic rings. The monoisotopic (exact) mass is 1280 g/mol. The summed E-state index contributed by atoms with van der Waals surface area (Å²) in [6.07, 6.45) is 3.39. The first kappa shape index (κ1) is 82.5. The van der Waals surface area contributed by atoms with Gasteiger partial charge in [-0.15, -0.1) is 13.2 Å². The highest BCUT2D eigenvalue weighted by atomic mass is 16.6. The summed E-state index contributed by atoms with van der Waals surface area (Å²) in [6, 6.07) is 0. The summed E-state index contributed by atoms with van der Waals surface area (Å²) < 4.78 is 130. The normalized spacial score (nSPS) is 15.5. The van der Waals surface area contributed by atoms with Crippen LogP contribution in [0.1, 0.15) is 0 Å². The maximum Gasteiger partial charge on any atom is 0.310 e. The summed E-state index contributed by atoms with van der Waals surface area (Å²) in [7, 11) is 0. The van der Waals surface area contributed by atoms with Crippen LogP contribution < -0.4 is 0 Å². The van der Waals surface area contributed by atoms with Gasteiger partial charge in [-0.2, -0.15) is 0 Å².